The van der Waals surface area contributed by atoms with Crippen molar-refractivity contribution in [3.8, 4) is 5.75 Å². The highest BCUT2D eigenvalue weighted by Crippen LogP contribution is 2.29. The quantitative estimate of drug-likeness (QED) is 0.741. The Morgan fingerprint density at radius 3 is 2.62 bits per heavy atom. The molecule has 0 aliphatic carbocycles. The van der Waals surface area contributed by atoms with Crippen LogP contribution in [0.1, 0.15) is 5.01 Å². The van der Waals surface area contributed by atoms with Gasteiger partial charge in [0, 0.05) is 6.07 Å². The van der Waals surface area contributed by atoms with E-state index in [1.807, 2.05) is 24.3 Å². The van der Waals surface area contributed by atoms with Crippen LogP contribution in [0, 0.1) is 0 Å². The molecule has 0 spiro atoms. The average molecular weight is 297 g/mol. The number of nitrogens with zero attached hydrogens (tertiary/aromatic N) is 1. The number of hydrogen-bond donors (Lipinski definition) is 1. The molecule has 0 saturated carbocycles. The number of rotatable bonds is 4. The van der Waals surface area contributed by atoms with Gasteiger partial charge in [0.25, 0.3) is 5.01 Å². The van der Waals surface area contributed by atoms with Crippen molar-refractivity contribution >= 4 is 32.9 Å². The van der Waals surface area contributed by atoms with E-state index < -0.39 is 0 Å². The van der Waals surface area contributed by atoms with E-state index in [0.29, 0.717) is 0 Å². The molecule has 106 valence electrons. The van der Waals surface area contributed by atoms with Crippen molar-refractivity contribution in [3.63, 3.8) is 0 Å². The van der Waals surface area contributed by atoms with E-state index in [9.17, 15) is 0 Å². The molecular formula is C17H17N2OS+. The average Bonchev–Trinajstić information content (AvgIpc) is 2.85. The summed E-state index contributed by atoms with van der Waals surface area (Å²) in [5.74, 6) is 0.808. The zero-order valence-electron chi connectivity index (χ0n) is 12.1. The molecule has 1 aromatic heterocycles. The normalized spacial score (nSPS) is 10.6. The molecular weight excluding hydrogens is 280 g/mol. The summed E-state index contributed by atoms with van der Waals surface area (Å²) < 4.78 is 8.77. The predicted octanol–water partition coefficient (Wildman–Crippen LogP) is 3.82. The molecule has 4 heteroatoms. The fourth-order valence-corrected chi connectivity index (χ4v) is 3.40. The molecule has 0 fully saturated rings. The largest absolute Gasteiger partial charge is 0.495 e. The van der Waals surface area contributed by atoms with E-state index in [1.54, 1.807) is 18.4 Å². The van der Waals surface area contributed by atoms with Gasteiger partial charge in [-0.3, -0.25) is 0 Å². The van der Waals surface area contributed by atoms with Crippen molar-refractivity contribution in [1.82, 2.24) is 0 Å². The number of thiazole rings is 1. The lowest BCUT2D eigenvalue weighted by atomic mass is 10.3. The van der Waals surface area contributed by atoms with Gasteiger partial charge in [0.15, 0.2) is 0 Å². The minimum Gasteiger partial charge on any atom is -0.495 e. The molecule has 0 amide bonds. The highest BCUT2D eigenvalue weighted by molar-refractivity contribution is 7.19. The zero-order valence-corrected chi connectivity index (χ0v) is 12.9. The Morgan fingerprint density at radius 1 is 1.14 bits per heavy atom. The Labute approximate surface area is 128 Å². The minimum atomic E-state index is 0.808. The van der Waals surface area contributed by atoms with Crippen LogP contribution in [0.4, 0.5) is 5.69 Å². The number of benzene rings is 2. The van der Waals surface area contributed by atoms with E-state index in [0.717, 1.165) is 22.1 Å². The molecule has 0 atom stereocenters. The molecule has 2 aromatic carbocycles. The maximum absolute atomic E-state index is 5.36. The molecule has 21 heavy (non-hydrogen) atoms. The Bertz CT molecular complexity index is 807. The van der Waals surface area contributed by atoms with Gasteiger partial charge in [0.2, 0.25) is 5.52 Å². The van der Waals surface area contributed by atoms with E-state index in [-0.39, 0.29) is 0 Å². The van der Waals surface area contributed by atoms with Crippen LogP contribution < -0.4 is 14.6 Å². The molecule has 1 N–H and O–H groups in total. The highest BCUT2D eigenvalue weighted by Gasteiger charge is 2.19. The lowest BCUT2D eigenvalue weighted by Gasteiger charge is -2.10. The summed E-state index contributed by atoms with van der Waals surface area (Å²) in [5.41, 5.74) is 2.99. The van der Waals surface area contributed by atoms with Crippen LogP contribution in [0.5, 0.6) is 5.75 Å². The van der Waals surface area contributed by atoms with Gasteiger partial charge in [-0.15, -0.1) is 0 Å². The zero-order chi connectivity index (χ0) is 14.8. The molecule has 0 radical (unpaired) electrons. The van der Waals surface area contributed by atoms with Crippen LogP contribution in [0.25, 0.3) is 15.9 Å². The summed E-state index contributed by atoms with van der Waals surface area (Å²) in [6.45, 7) is 4.17. The first kappa shape index (κ1) is 13.6. The third-order valence-electron chi connectivity index (χ3n) is 3.39. The fraction of sp³-hybridized carbons (Fsp3) is 0.118. The topological polar surface area (TPSA) is 25.1 Å². The number of methoxy groups -OCH3 is 1. The lowest BCUT2D eigenvalue weighted by Crippen LogP contribution is -2.31. The Morgan fingerprint density at radius 2 is 1.86 bits per heavy atom. The molecule has 3 rings (SSSR count). The van der Waals surface area contributed by atoms with Gasteiger partial charge in [-0.2, -0.15) is 4.57 Å². The van der Waals surface area contributed by atoms with Crippen LogP contribution in [0.2, 0.25) is 0 Å². The summed E-state index contributed by atoms with van der Waals surface area (Å²) in [5, 5.41) is 4.45. The van der Waals surface area contributed by atoms with Gasteiger partial charge >= 0.3 is 0 Å². The Hall–Kier alpha value is -2.33. The van der Waals surface area contributed by atoms with Crippen LogP contribution in [-0.4, -0.2) is 7.11 Å². The first-order valence-corrected chi connectivity index (χ1v) is 7.49. The molecule has 0 aliphatic heterocycles. The Kier molecular flexibility index (Phi) is 3.62. The number of aryl methyl sites for hydroxylation is 1. The monoisotopic (exact) mass is 297 g/mol. The van der Waals surface area contributed by atoms with Gasteiger partial charge in [-0.25, -0.2) is 0 Å². The summed E-state index contributed by atoms with van der Waals surface area (Å²) in [7, 11) is 3.73. The molecule has 3 aromatic rings. The SMILES string of the molecule is C=C(Nc1ccccc1OC)c1sc2ccccc2[n+]1C. The standard InChI is InChI=1S/C17H17N2OS/c1-12(18-13-8-4-6-10-15(13)20-3)17-19(2)14-9-5-7-11-16(14)21-17/h4-11,18H,1H2,2-3H3/q+1. The van der Waals surface area contributed by atoms with Gasteiger partial charge in [0.1, 0.15) is 23.2 Å². The van der Waals surface area contributed by atoms with Crippen molar-refractivity contribution in [1.29, 1.82) is 0 Å². The maximum Gasteiger partial charge on any atom is 0.285 e. The summed E-state index contributed by atoms with van der Waals surface area (Å²) in [6.07, 6.45) is 0. The van der Waals surface area contributed by atoms with E-state index >= 15 is 0 Å². The molecule has 1 heterocycles. The number of ether oxygens (including phenoxy) is 1. The fourth-order valence-electron chi connectivity index (χ4n) is 2.33. The maximum atomic E-state index is 5.36. The van der Waals surface area contributed by atoms with Gasteiger partial charge in [-0.05, 0) is 18.2 Å². The van der Waals surface area contributed by atoms with Crippen LogP contribution in [-0.2, 0) is 7.05 Å². The predicted molar refractivity (Wildman–Crippen MR) is 88.7 cm³/mol. The van der Waals surface area contributed by atoms with E-state index in [4.69, 9.17) is 4.74 Å². The second kappa shape index (κ2) is 5.58. The van der Waals surface area contributed by atoms with Crippen molar-refractivity contribution in [3.05, 3.63) is 60.1 Å². The van der Waals surface area contributed by atoms with Gasteiger partial charge in [-0.1, -0.05) is 42.2 Å². The van der Waals surface area contributed by atoms with Gasteiger partial charge < -0.3 is 10.1 Å². The molecule has 3 nitrogen and oxygen atoms in total. The molecule has 0 bridgehead atoms. The number of hydrogen-bond acceptors (Lipinski definition) is 3. The smallest absolute Gasteiger partial charge is 0.285 e. The summed E-state index contributed by atoms with van der Waals surface area (Å²) in [4.78, 5) is 0. The third-order valence-corrected chi connectivity index (χ3v) is 4.67. The molecule has 0 saturated heterocycles. The van der Waals surface area contributed by atoms with Crippen LogP contribution >= 0.6 is 11.3 Å². The van der Waals surface area contributed by atoms with Crippen molar-refractivity contribution in [2.45, 2.75) is 0 Å². The summed E-state index contributed by atoms with van der Waals surface area (Å²) in [6, 6.07) is 16.2. The van der Waals surface area contributed by atoms with Crippen molar-refractivity contribution in [2.75, 3.05) is 12.4 Å². The van der Waals surface area contributed by atoms with Crippen LogP contribution in [0.3, 0.4) is 0 Å². The lowest BCUT2D eigenvalue weighted by molar-refractivity contribution is -0.642. The third kappa shape index (κ3) is 2.50. The second-order valence-corrected chi connectivity index (χ2v) is 5.77. The van der Waals surface area contributed by atoms with Crippen molar-refractivity contribution in [2.24, 2.45) is 7.05 Å². The number of nitrogens with one attached hydrogen (secondary N) is 1. The van der Waals surface area contributed by atoms with Crippen LogP contribution in [0.15, 0.2) is 55.1 Å². The number of aromatic nitrogens is 1. The first-order valence-electron chi connectivity index (χ1n) is 6.67. The number of fused-ring (bicyclic) bond motifs is 1. The van der Waals surface area contributed by atoms with E-state index in [2.05, 4.69) is 47.8 Å². The minimum absolute atomic E-state index is 0.808. The Balaban J connectivity index is 1.96. The first-order chi connectivity index (χ1) is 10.2. The second-order valence-electron chi connectivity index (χ2n) is 4.74. The molecule has 0 unspecified atom stereocenters. The summed E-state index contributed by atoms with van der Waals surface area (Å²) >= 11 is 1.72. The number of anilines is 1. The highest BCUT2D eigenvalue weighted by atomic mass is 32.1. The van der Waals surface area contributed by atoms with E-state index in [1.165, 1.54) is 10.2 Å². The molecule has 0 aliphatic rings. The van der Waals surface area contributed by atoms with Crippen molar-refractivity contribution < 1.29 is 9.30 Å². The van der Waals surface area contributed by atoms with Gasteiger partial charge in [0.05, 0.1) is 12.8 Å². The number of para-hydroxylation sites is 3.